The number of rotatable bonds is 2. The van der Waals surface area contributed by atoms with Gasteiger partial charge in [-0.3, -0.25) is 0 Å². The zero-order valence-corrected chi connectivity index (χ0v) is 10.5. The maximum absolute atomic E-state index is 12.6. The Hall–Kier alpha value is -0.290. The van der Waals surface area contributed by atoms with E-state index in [1.165, 1.54) is 6.07 Å². The fraction of sp³-hybridized carbons (Fsp3) is 0.250. The Bertz CT molecular complexity index is 390. The van der Waals surface area contributed by atoms with E-state index in [0.29, 0.717) is 8.17 Å². The van der Waals surface area contributed by atoms with Crippen molar-refractivity contribution < 1.29 is 8.78 Å². The van der Waals surface area contributed by atoms with Crippen molar-refractivity contribution in [3.05, 3.63) is 25.5 Å². The Morgan fingerprint density at radius 3 is 2.79 bits per heavy atom. The molecule has 14 heavy (non-hydrogen) atoms. The predicted octanol–water partition coefficient (Wildman–Crippen LogP) is 3.45. The molecule has 0 unspecified atom stereocenters. The molecule has 1 aromatic heterocycles. The Kier molecular flexibility index (Phi) is 4.19. The molecule has 1 aromatic rings. The van der Waals surface area contributed by atoms with E-state index in [1.807, 2.05) is 28.7 Å². The van der Waals surface area contributed by atoms with Gasteiger partial charge in [-0.1, -0.05) is 0 Å². The van der Waals surface area contributed by atoms with E-state index in [0.717, 1.165) is 0 Å². The first kappa shape index (κ1) is 11.8. The minimum absolute atomic E-state index is 0.102. The van der Waals surface area contributed by atoms with Crippen molar-refractivity contribution in [3.8, 4) is 6.07 Å². The molecule has 0 saturated heterocycles. The summed E-state index contributed by atoms with van der Waals surface area (Å²) in [6.45, 7) is 0. The van der Waals surface area contributed by atoms with Gasteiger partial charge in [0.15, 0.2) is 0 Å². The Balaban J connectivity index is 3.30. The van der Waals surface area contributed by atoms with Crippen molar-refractivity contribution in [2.45, 2.75) is 12.8 Å². The maximum atomic E-state index is 12.6. The molecule has 0 bridgehead atoms. The van der Waals surface area contributed by atoms with Crippen LogP contribution in [0.2, 0.25) is 0 Å². The lowest BCUT2D eigenvalue weighted by Gasteiger charge is -2.08. The minimum Gasteiger partial charge on any atom is -0.244 e. The van der Waals surface area contributed by atoms with Crippen LogP contribution in [0.4, 0.5) is 8.78 Å². The van der Waals surface area contributed by atoms with Crippen LogP contribution in [0.15, 0.2) is 10.7 Å². The average Bonchev–Trinajstić information content (AvgIpc) is 2.01. The highest BCUT2D eigenvalue weighted by molar-refractivity contribution is 14.1. The standard InChI is InChI=1S/C8H4BrF2IN2/c9-6-3-4(12)7(8(10)11)5(14-6)1-2-13/h3,8H,1H2. The van der Waals surface area contributed by atoms with Gasteiger partial charge in [-0.25, -0.2) is 13.8 Å². The first-order chi connectivity index (χ1) is 6.56. The quantitative estimate of drug-likeness (QED) is 0.589. The molecule has 1 rings (SSSR count). The zero-order chi connectivity index (χ0) is 10.7. The number of hydrogen-bond acceptors (Lipinski definition) is 2. The van der Waals surface area contributed by atoms with Gasteiger partial charge in [0.05, 0.1) is 23.7 Å². The van der Waals surface area contributed by atoms with Crippen LogP contribution in [0.3, 0.4) is 0 Å². The van der Waals surface area contributed by atoms with Crippen molar-refractivity contribution in [1.29, 1.82) is 5.26 Å². The van der Waals surface area contributed by atoms with Gasteiger partial charge in [-0.05, 0) is 44.6 Å². The van der Waals surface area contributed by atoms with E-state index in [-0.39, 0.29) is 17.7 Å². The summed E-state index contributed by atoms with van der Waals surface area (Å²) in [7, 11) is 0. The van der Waals surface area contributed by atoms with Gasteiger partial charge in [-0.2, -0.15) is 5.26 Å². The molecule has 74 valence electrons. The number of nitrogens with zero attached hydrogens (tertiary/aromatic N) is 2. The summed E-state index contributed by atoms with van der Waals surface area (Å²) >= 11 is 4.90. The predicted molar refractivity (Wildman–Crippen MR) is 58.9 cm³/mol. The summed E-state index contributed by atoms with van der Waals surface area (Å²) in [5.41, 5.74) is -0.00312. The van der Waals surface area contributed by atoms with Crippen molar-refractivity contribution in [2.24, 2.45) is 0 Å². The molecule has 0 aliphatic heterocycles. The molecule has 0 spiro atoms. The number of aromatic nitrogens is 1. The maximum Gasteiger partial charge on any atom is 0.266 e. The van der Waals surface area contributed by atoms with Crippen LogP contribution in [-0.4, -0.2) is 4.98 Å². The van der Waals surface area contributed by atoms with Crippen molar-refractivity contribution in [3.63, 3.8) is 0 Å². The summed E-state index contributed by atoms with van der Waals surface area (Å²) in [6, 6.07) is 3.32. The molecule has 1 heterocycles. The molecule has 0 saturated carbocycles. The topological polar surface area (TPSA) is 36.7 Å². The molecule has 0 aromatic carbocycles. The van der Waals surface area contributed by atoms with Gasteiger partial charge >= 0.3 is 0 Å². The van der Waals surface area contributed by atoms with Crippen molar-refractivity contribution in [1.82, 2.24) is 4.98 Å². The molecule has 6 heteroatoms. The third-order valence-corrected chi connectivity index (χ3v) is 2.82. The lowest BCUT2D eigenvalue weighted by molar-refractivity contribution is 0.149. The monoisotopic (exact) mass is 372 g/mol. The molecular weight excluding hydrogens is 369 g/mol. The third-order valence-electron chi connectivity index (χ3n) is 1.52. The highest BCUT2D eigenvalue weighted by atomic mass is 127. The minimum atomic E-state index is -2.59. The van der Waals surface area contributed by atoms with E-state index in [4.69, 9.17) is 5.26 Å². The van der Waals surface area contributed by atoms with Crippen molar-refractivity contribution >= 4 is 38.5 Å². The average molecular weight is 373 g/mol. The fourth-order valence-corrected chi connectivity index (χ4v) is 2.69. The molecule has 0 radical (unpaired) electrons. The first-order valence-electron chi connectivity index (χ1n) is 3.56. The second kappa shape index (κ2) is 4.98. The zero-order valence-electron chi connectivity index (χ0n) is 6.77. The number of nitriles is 1. The van der Waals surface area contributed by atoms with Crippen LogP contribution < -0.4 is 0 Å². The second-order valence-electron chi connectivity index (χ2n) is 2.42. The number of pyridine rings is 1. The fourth-order valence-electron chi connectivity index (χ4n) is 0.981. The van der Waals surface area contributed by atoms with Crippen LogP contribution in [0, 0.1) is 14.9 Å². The lowest BCUT2D eigenvalue weighted by Crippen LogP contribution is -2.01. The number of halogens is 4. The van der Waals surface area contributed by atoms with E-state index in [2.05, 4.69) is 20.9 Å². The Morgan fingerprint density at radius 2 is 2.29 bits per heavy atom. The van der Waals surface area contributed by atoms with E-state index < -0.39 is 6.43 Å². The number of alkyl halides is 2. The van der Waals surface area contributed by atoms with Gasteiger partial charge in [0, 0.05) is 3.57 Å². The van der Waals surface area contributed by atoms with E-state index >= 15 is 0 Å². The summed E-state index contributed by atoms with van der Waals surface area (Å²) < 4.78 is 26.0. The molecule has 0 aliphatic carbocycles. The highest BCUT2D eigenvalue weighted by Gasteiger charge is 2.18. The van der Waals surface area contributed by atoms with Crippen LogP contribution in [0.1, 0.15) is 17.7 Å². The summed E-state index contributed by atoms with van der Waals surface area (Å²) in [6.07, 6.45) is -2.69. The van der Waals surface area contributed by atoms with Crippen LogP contribution in [0.25, 0.3) is 0 Å². The van der Waals surface area contributed by atoms with Crippen LogP contribution in [-0.2, 0) is 6.42 Å². The van der Waals surface area contributed by atoms with Gasteiger partial charge in [0.2, 0.25) is 0 Å². The summed E-state index contributed by atoms with van der Waals surface area (Å²) in [5, 5.41) is 8.46. The summed E-state index contributed by atoms with van der Waals surface area (Å²) in [4.78, 5) is 3.85. The molecule has 2 nitrogen and oxygen atoms in total. The van der Waals surface area contributed by atoms with Gasteiger partial charge in [0.25, 0.3) is 6.43 Å². The molecular formula is C8H4BrF2IN2. The Morgan fingerprint density at radius 1 is 1.64 bits per heavy atom. The molecule has 0 atom stereocenters. The van der Waals surface area contributed by atoms with E-state index in [1.54, 1.807) is 0 Å². The number of hydrogen-bond donors (Lipinski definition) is 0. The lowest BCUT2D eigenvalue weighted by atomic mass is 10.1. The smallest absolute Gasteiger partial charge is 0.244 e. The van der Waals surface area contributed by atoms with E-state index in [9.17, 15) is 8.78 Å². The molecule has 0 fully saturated rings. The molecule has 0 amide bonds. The summed E-state index contributed by atoms with van der Waals surface area (Å²) in [5.74, 6) is 0. The third kappa shape index (κ3) is 2.60. The SMILES string of the molecule is N#CCc1nc(Br)cc(I)c1C(F)F. The van der Waals surface area contributed by atoms with Crippen LogP contribution in [0.5, 0.6) is 0 Å². The highest BCUT2D eigenvalue weighted by Crippen LogP contribution is 2.29. The molecule has 0 aliphatic rings. The van der Waals surface area contributed by atoms with Crippen LogP contribution >= 0.6 is 38.5 Å². The van der Waals surface area contributed by atoms with Crippen molar-refractivity contribution in [2.75, 3.05) is 0 Å². The second-order valence-corrected chi connectivity index (χ2v) is 4.40. The van der Waals surface area contributed by atoms with Gasteiger partial charge in [-0.15, -0.1) is 0 Å². The Labute approximate surface area is 102 Å². The first-order valence-corrected chi connectivity index (χ1v) is 5.43. The van der Waals surface area contributed by atoms with Gasteiger partial charge in [0.1, 0.15) is 4.60 Å². The van der Waals surface area contributed by atoms with Gasteiger partial charge < -0.3 is 0 Å². The molecule has 0 N–H and O–H groups in total. The normalized spacial score (nSPS) is 10.3. The largest absolute Gasteiger partial charge is 0.266 e.